The second kappa shape index (κ2) is 5.06. The highest BCUT2D eigenvalue weighted by Gasteiger charge is 2.04. The maximum Gasteiger partial charge on any atom is 0.221 e. The van der Waals surface area contributed by atoms with Gasteiger partial charge in [0.05, 0.1) is 0 Å². The molecule has 0 saturated carbocycles. The van der Waals surface area contributed by atoms with Crippen molar-refractivity contribution in [1.29, 1.82) is 0 Å². The van der Waals surface area contributed by atoms with Gasteiger partial charge in [-0.25, -0.2) is 13.1 Å². The van der Waals surface area contributed by atoms with Gasteiger partial charge in [-0.2, -0.15) is 0 Å². The molecule has 62 valence electrons. The molecule has 0 saturated heterocycles. The third-order valence-electron chi connectivity index (χ3n) is 0.801. The summed E-state index contributed by atoms with van der Waals surface area (Å²) in [6.45, 7) is 0.301. The van der Waals surface area contributed by atoms with Crippen molar-refractivity contribution in [2.24, 2.45) is 0 Å². The Bertz CT molecular complexity index is 167. The Hall–Kier alpha value is 0.350. The maximum absolute atomic E-state index is 10.6. The third-order valence-corrected chi connectivity index (χ3v) is 3.54. The van der Waals surface area contributed by atoms with Crippen molar-refractivity contribution in [3.05, 3.63) is 0 Å². The highest BCUT2D eigenvalue weighted by atomic mass is 79.9. The van der Waals surface area contributed by atoms with Gasteiger partial charge in [0, 0.05) is 13.2 Å². The molecule has 0 rings (SSSR count). The van der Waals surface area contributed by atoms with E-state index in [1.165, 1.54) is 0 Å². The fourth-order valence-corrected chi connectivity index (χ4v) is 1.36. The molecule has 0 fully saturated rings. The summed E-state index contributed by atoms with van der Waals surface area (Å²) in [5.74, 6) is 0. The summed E-state index contributed by atoms with van der Waals surface area (Å²) < 4.78 is 23.5. The molecule has 0 aliphatic carbocycles. The molecule has 0 atom stereocenters. The van der Waals surface area contributed by atoms with Crippen LogP contribution in [0.1, 0.15) is 6.42 Å². The van der Waals surface area contributed by atoms with E-state index in [0.29, 0.717) is 13.0 Å². The van der Waals surface area contributed by atoms with E-state index in [1.54, 1.807) is 0 Å². The van der Waals surface area contributed by atoms with Gasteiger partial charge in [0.15, 0.2) is 0 Å². The summed E-state index contributed by atoms with van der Waals surface area (Å²) in [5.41, 5.74) is 0. The minimum atomic E-state index is -3.14. The van der Waals surface area contributed by atoms with E-state index in [4.69, 9.17) is 5.11 Å². The zero-order valence-corrected chi connectivity index (χ0v) is 7.78. The number of rotatable bonds is 5. The van der Waals surface area contributed by atoms with Gasteiger partial charge in [0.25, 0.3) is 0 Å². The minimum absolute atomic E-state index is 0.00477. The molecule has 6 heteroatoms. The van der Waals surface area contributed by atoms with Crippen LogP contribution in [0, 0.1) is 0 Å². The Kier molecular flexibility index (Phi) is 5.24. The van der Waals surface area contributed by atoms with Crippen LogP contribution in [0.4, 0.5) is 0 Å². The number of hydrogen-bond acceptors (Lipinski definition) is 3. The Morgan fingerprint density at radius 2 is 2.10 bits per heavy atom. The molecule has 0 spiro atoms. The first kappa shape index (κ1) is 10.3. The van der Waals surface area contributed by atoms with Crippen molar-refractivity contribution in [2.45, 2.75) is 6.42 Å². The average molecular weight is 232 g/mol. The lowest BCUT2D eigenvalue weighted by atomic mass is 10.5. The summed E-state index contributed by atoms with van der Waals surface area (Å²) in [4.78, 5) is 0. The standard InChI is InChI=1S/C4H10BrNO3S/c5-4-10(8,9)6-2-1-3-7/h6-7H,1-4H2. The van der Waals surface area contributed by atoms with E-state index in [0.717, 1.165) is 0 Å². The maximum atomic E-state index is 10.6. The normalized spacial score (nSPS) is 11.8. The molecule has 0 aromatic carbocycles. The van der Waals surface area contributed by atoms with Crippen LogP contribution in [0.3, 0.4) is 0 Å². The van der Waals surface area contributed by atoms with E-state index in [-0.39, 0.29) is 11.3 Å². The molecule has 0 aliphatic heterocycles. The summed E-state index contributed by atoms with van der Waals surface area (Å²) >= 11 is 2.81. The zero-order chi connectivity index (χ0) is 8.04. The minimum Gasteiger partial charge on any atom is -0.396 e. The largest absolute Gasteiger partial charge is 0.396 e. The Labute approximate surface area is 68.8 Å². The second-order valence-electron chi connectivity index (χ2n) is 1.70. The zero-order valence-electron chi connectivity index (χ0n) is 5.38. The molecule has 0 aromatic heterocycles. The van der Waals surface area contributed by atoms with Crippen molar-refractivity contribution in [3.8, 4) is 0 Å². The van der Waals surface area contributed by atoms with Crippen molar-refractivity contribution in [1.82, 2.24) is 4.72 Å². The summed E-state index contributed by atoms with van der Waals surface area (Å²) in [5, 5.41) is 8.29. The molecule has 0 bridgehead atoms. The van der Waals surface area contributed by atoms with Gasteiger partial charge in [0.1, 0.15) is 4.66 Å². The fourth-order valence-electron chi connectivity index (χ4n) is 0.345. The van der Waals surface area contributed by atoms with Crippen molar-refractivity contribution in [3.63, 3.8) is 0 Å². The SMILES string of the molecule is O=S(=O)(CBr)NCCCO. The smallest absolute Gasteiger partial charge is 0.221 e. The first-order chi connectivity index (χ1) is 4.62. The lowest BCUT2D eigenvalue weighted by molar-refractivity contribution is 0.289. The van der Waals surface area contributed by atoms with Crippen LogP contribution in [-0.2, 0) is 10.0 Å². The van der Waals surface area contributed by atoms with Gasteiger partial charge >= 0.3 is 0 Å². The van der Waals surface area contributed by atoms with E-state index >= 15 is 0 Å². The van der Waals surface area contributed by atoms with E-state index < -0.39 is 10.0 Å². The van der Waals surface area contributed by atoms with Gasteiger partial charge in [-0.3, -0.25) is 0 Å². The number of aliphatic hydroxyl groups is 1. The van der Waals surface area contributed by atoms with Gasteiger partial charge in [-0.1, -0.05) is 15.9 Å². The molecule has 0 unspecified atom stereocenters. The Morgan fingerprint density at radius 1 is 1.50 bits per heavy atom. The average Bonchev–Trinajstić information content (AvgIpc) is 1.89. The van der Waals surface area contributed by atoms with Crippen molar-refractivity contribution < 1.29 is 13.5 Å². The first-order valence-corrected chi connectivity index (χ1v) is 5.54. The predicted octanol–water partition coefficient (Wildman–Crippen LogP) is -0.359. The van der Waals surface area contributed by atoms with Crippen LogP contribution in [0.5, 0.6) is 0 Å². The quantitative estimate of drug-likeness (QED) is 0.502. The molecule has 2 N–H and O–H groups in total. The number of nitrogens with one attached hydrogen (secondary N) is 1. The topological polar surface area (TPSA) is 66.4 Å². The van der Waals surface area contributed by atoms with Gasteiger partial charge in [-0.05, 0) is 6.42 Å². The number of hydrogen-bond donors (Lipinski definition) is 2. The van der Waals surface area contributed by atoms with Crippen LogP contribution in [0.25, 0.3) is 0 Å². The monoisotopic (exact) mass is 231 g/mol. The highest BCUT2D eigenvalue weighted by molar-refractivity contribution is 9.10. The highest BCUT2D eigenvalue weighted by Crippen LogP contribution is 1.90. The Morgan fingerprint density at radius 3 is 2.50 bits per heavy atom. The van der Waals surface area contributed by atoms with Gasteiger partial charge in [-0.15, -0.1) is 0 Å². The molecule has 0 aliphatic rings. The predicted molar refractivity (Wildman–Crippen MR) is 42.4 cm³/mol. The third kappa shape index (κ3) is 5.16. The van der Waals surface area contributed by atoms with E-state index in [2.05, 4.69) is 20.7 Å². The summed E-state index contributed by atoms with van der Waals surface area (Å²) in [6, 6.07) is 0. The lowest BCUT2D eigenvalue weighted by Crippen LogP contribution is -2.25. The molecule has 4 nitrogen and oxygen atoms in total. The lowest BCUT2D eigenvalue weighted by Gasteiger charge is -2.00. The summed E-state index contributed by atoms with van der Waals surface area (Å²) in [7, 11) is -3.14. The molecule has 0 amide bonds. The van der Waals surface area contributed by atoms with Crippen LogP contribution in [0.15, 0.2) is 0 Å². The summed E-state index contributed by atoms with van der Waals surface area (Å²) in [6.07, 6.45) is 0.451. The Balaban J connectivity index is 3.49. The molecule has 0 aromatic rings. The van der Waals surface area contributed by atoms with Crippen molar-refractivity contribution in [2.75, 3.05) is 17.8 Å². The molecule has 10 heavy (non-hydrogen) atoms. The van der Waals surface area contributed by atoms with Gasteiger partial charge in [0.2, 0.25) is 10.0 Å². The van der Waals surface area contributed by atoms with Crippen LogP contribution >= 0.6 is 15.9 Å². The van der Waals surface area contributed by atoms with E-state index in [1.807, 2.05) is 0 Å². The molecule has 0 heterocycles. The molecule has 0 radical (unpaired) electrons. The number of aliphatic hydroxyl groups excluding tert-OH is 1. The second-order valence-corrected chi connectivity index (χ2v) is 4.81. The number of sulfonamides is 1. The number of alkyl halides is 1. The van der Waals surface area contributed by atoms with Crippen LogP contribution in [-0.4, -0.2) is 31.3 Å². The van der Waals surface area contributed by atoms with Crippen molar-refractivity contribution >= 4 is 26.0 Å². The number of halogens is 1. The van der Waals surface area contributed by atoms with Crippen LogP contribution < -0.4 is 4.72 Å². The van der Waals surface area contributed by atoms with Gasteiger partial charge < -0.3 is 5.11 Å². The van der Waals surface area contributed by atoms with E-state index in [9.17, 15) is 8.42 Å². The molecular formula is C4H10BrNO3S. The molecular weight excluding hydrogens is 222 g/mol. The van der Waals surface area contributed by atoms with Crippen LogP contribution in [0.2, 0.25) is 0 Å². The fraction of sp³-hybridized carbons (Fsp3) is 1.00. The first-order valence-electron chi connectivity index (χ1n) is 2.76.